The van der Waals surface area contributed by atoms with Crippen LogP contribution in [-0.4, -0.2) is 11.7 Å². The quantitative estimate of drug-likeness (QED) is 0.600. The standard InChI is InChI=1S/C24H40O/c1-17(7-6-16-25)20-11-12-21-19-10-9-18-8-4-5-14-23(18,2)22(19)13-15-24(20,21)3/h9-10,17-22,25H,4-8,11-16H2,1-3H3/t17-,18+,19+,20+,21-,22+,23-,24+/m0/s1. The van der Waals surface area contributed by atoms with Crippen LogP contribution in [0.3, 0.4) is 0 Å². The van der Waals surface area contributed by atoms with E-state index in [1.807, 2.05) is 0 Å². The molecule has 142 valence electrons. The minimum absolute atomic E-state index is 0.365. The number of rotatable bonds is 4. The molecule has 0 spiro atoms. The number of hydrogen-bond acceptors (Lipinski definition) is 1. The molecule has 1 nitrogen and oxygen atoms in total. The molecule has 0 bridgehead atoms. The molecular weight excluding hydrogens is 304 g/mol. The Hall–Kier alpha value is -0.300. The van der Waals surface area contributed by atoms with Gasteiger partial charge in [-0.3, -0.25) is 0 Å². The minimum atomic E-state index is 0.365. The second-order valence-corrected chi connectivity index (χ2v) is 10.6. The Kier molecular flexibility index (Phi) is 4.84. The molecule has 0 aromatic carbocycles. The van der Waals surface area contributed by atoms with Crippen LogP contribution in [0.15, 0.2) is 12.2 Å². The monoisotopic (exact) mass is 344 g/mol. The van der Waals surface area contributed by atoms with Crippen LogP contribution in [-0.2, 0) is 0 Å². The van der Waals surface area contributed by atoms with Crippen molar-refractivity contribution in [2.75, 3.05) is 6.61 Å². The van der Waals surface area contributed by atoms with Gasteiger partial charge < -0.3 is 5.11 Å². The average Bonchev–Trinajstić information content (AvgIpc) is 2.96. The molecule has 4 rings (SSSR count). The van der Waals surface area contributed by atoms with Gasteiger partial charge in [0.15, 0.2) is 0 Å². The highest BCUT2D eigenvalue weighted by Crippen LogP contribution is 2.66. The van der Waals surface area contributed by atoms with Gasteiger partial charge in [0, 0.05) is 6.61 Å². The highest BCUT2D eigenvalue weighted by atomic mass is 16.2. The first-order valence-electron chi connectivity index (χ1n) is 11.3. The van der Waals surface area contributed by atoms with Gasteiger partial charge in [-0.05, 0) is 97.7 Å². The average molecular weight is 345 g/mol. The Balaban J connectivity index is 1.57. The van der Waals surface area contributed by atoms with Crippen molar-refractivity contribution in [1.82, 2.24) is 0 Å². The predicted octanol–water partition coefficient (Wildman–Crippen LogP) is 6.22. The number of fused-ring (bicyclic) bond motifs is 5. The molecule has 0 amide bonds. The van der Waals surface area contributed by atoms with E-state index in [-0.39, 0.29) is 0 Å². The zero-order chi connectivity index (χ0) is 17.7. The summed E-state index contributed by atoms with van der Waals surface area (Å²) >= 11 is 0. The van der Waals surface area contributed by atoms with Crippen LogP contribution in [0.2, 0.25) is 0 Å². The van der Waals surface area contributed by atoms with Gasteiger partial charge in [-0.1, -0.05) is 45.8 Å². The maximum atomic E-state index is 9.24. The third-order valence-electron chi connectivity index (χ3n) is 9.65. The van der Waals surface area contributed by atoms with E-state index in [1.165, 1.54) is 57.8 Å². The summed E-state index contributed by atoms with van der Waals surface area (Å²) in [6, 6.07) is 0. The van der Waals surface area contributed by atoms with Crippen molar-refractivity contribution < 1.29 is 5.11 Å². The minimum Gasteiger partial charge on any atom is -0.396 e. The first kappa shape index (κ1) is 18.1. The van der Waals surface area contributed by atoms with Crippen LogP contribution in [0.1, 0.15) is 85.0 Å². The number of allylic oxidation sites excluding steroid dienone is 2. The van der Waals surface area contributed by atoms with E-state index >= 15 is 0 Å². The molecule has 0 saturated heterocycles. The molecule has 4 aliphatic carbocycles. The Morgan fingerprint density at radius 3 is 2.56 bits per heavy atom. The summed E-state index contributed by atoms with van der Waals surface area (Å²) in [6.45, 7) is 8.13. The first-order chi connectivity index (χ1) is 12.0. The Morgan fingerprint density at radius 1 is 0.960 bits per heavy atom. The van der Waals surface area contributed by atoms with Crippen LogP contribution in [0, 0.1) is 46.3 Å². The Labute approximate surface area is 155 Å². The lowest BCUT2D eigenvalue weighted by Crippen LogP contribution is -2.51. The lowest BCUT2D eigenvalue weighted by molar-refractivity contribution is -0.0645. The summed E-state index contributed by atoms with van der Waals surface area (Å²) in [7, 11) is 0. The molecule has 4 aliphatic rings. The molecule has 0 aliphatic heterocycles. The lowest BCUT2D eigenvalue weighted by Gasteiger charge is -2.58. The Morgan fingerprint density at radius 2 is 1.76 bits per heavy atom. The molecule has 8 atom stereocenters. The van der Waals surface area contributed by atoms with Crippen molar-refractivity contribution in [2.45, 2.75) is 85.0 Å². The fourth-order valence-corrected chi connectivity index (χ4v) is 8.25. The summed E-state index contributed by atoms with van der Waals surface area (Å²) in [5, 5.41) is 9.24. The van der Waals surface area contributed by atoms with Gasteiger partial charge in [0.1, 0.15) is 0 Å². The summed E-state index contributed by atoms with van der Waals surface area (Å²) < 4.78 is 0. The van der Waals surface area contributed by atoms with Crippen LogP contribution < -0.4 is 0 Å². The fraction of sp³-hybridized carbons (Fsp3) is 0.917. The summed E-state index contributed by atoms with van der Waals surface area (Å²) in [5.41, 5.74) is 1.15. The molecule has 1 heteroatoms. The highest BCUT2D eigenvalue weighted by Gasteiger charge is 2.58. The molecule has 25 heavy (non-hydrogen) atoms. The van der Waals surface area contributed by atoms with E-state index in [4.69, 9.17) is 0 Å². The van der Waals surface area contributed by atoms with Crippen molar-refractivity contribution in [3.63, 3.8) is 0 Å². The maximum Gasteiger partial charge on any atom is 0.0431 e. The van der Waals surface area contributed by atoms with E-state index in [1.54, 1.807) is 0 Å². The topological polar surface area (TPSA) is 20.2 Å². The van der Waals surface area contributed by atoms with Gasteiger partial charge >= 0.3 is 0 Å². The van der Waals surface area contributed by atoms with Gasteiger partial charge in [-0.2, -0.15) is 0 Å². The first-order valence-corrected chi connectivity index (χ1v) is 11.3. The molecule has 3 fully saturated rings. The summed E-state index contributed by atoms with van der Waals surface area (Å²) in [4.78, 5) is 0. The van der Waals surface area contributed by atoms with E-state index in [2.05, 4.69) is 32.9 Å². The molecule has 0 heterocycles. The zero-order valence-corrected chi connectivity index (χ0v) is 16.8. The molecule has 0 unspecified atom stereocenters. The van der Waals surface area contributed by atoms with Crippen molar-refractivity contribution in [3.8, 4) is 0 Å². The van der Waals surface area contributed by atoms with Crippen LogP contribution in [0.5, 0.6) is 0 Å². The molecule has 3 saturated carbocycles. The third-order valence-corrected chi connectivity index (χ3v) is 9.65. The third kappa shape index (κ3) is 2.75. The van der Waals surface area contributed by atoms with Crippen molar-refractivity contribution in [1.29, 1.82) is 0 Å². The van der Waals surface area contributed by atoms with Gasteiger partial charge in [-0.25, -0.2) is 0 Å². The zero-order valence-electron chi connectivity index (χ0n) is 16.8. The predicted molar refractivity (Wildman–Crippen MR) is 105 cm³/mol. The van der Waals surface area contributed by atoms with Crippen LogP contribution in [0.25, 0.3) is 0 Å². The number of aliphatic hydroxyl groups is 1. The van der Waals surface area contributed by atoms with Crippen LogP contribution in [0.4, 0.5) is 0 Å². The van der Waals surface area contributed by atoms with Crippen molar-refractivity contribution in [3.05, 3.63) is 12.2 Å². The summed E-state index contributed by atoms with van der Waals surface area (Å²) in [6.07, 6.45) is 19.2. The van der Waals surface area contributed by atoms with Crippen LogP contribution >= 0.6 is 0 Å². The molecule has 0 aromatic rings. The van der Waals surface area contributed by atoms with Gasteiger partial charge in [0.25, 0.3) is 0 Å². The summed E-state index contributed by atoms with van der Waals surface area (Å²) in [5.74, 6) is 5.26. The van der Waals surface area contributed by atoms with E-state index in [9.17, 15) is 5.11 Å². The normalized spacial score (nSPS) is 50.0. The van der Waals surface area contributed by atoms with E-state index in [0.29, 0.717) is 17.4 Å². The molecule has 0 radical (unpaired) electrons. The van der Waals surface area contributed by atoms with Gasteiger partial charge in [-0.15, -0.1) is 0 Å². The molecular formula is C24H40O. The van der Waals surface area contributed by atoms with Crippen molar-refractivity contribution >= 4 is 0 Å². The van der Waals surface area contributed by atoms with E-state index in [0.717, 1.165) is 41.9 Å². The maximum absolute atomic E-state index is 9.24. The largest absolute Gasteiger partial charge is 0.396 e. The molecule has 0 aromatic heterocycles. The lowest BCUT2D eigenvalue weighted by atomic mass is 9.46. The number of hydrogen-bond donors (Lipinski definition) is 1. The van der Waals surface area contributed by atoms with Gasteiger partial charge in [0.05, 0.1) is 0 Å². The second kappa shape index (κ2) is 6.70. The van der Waals surface area contributed by atoms with Crippen molar-refractivity contribution in [2.24, 2.45) is 46.3 Å². The number of aliphatic hydroxyl groups excluding tert-OH is 1. The SMILES string of the molecule is C[C@@H](CCCO)[C@H]1CC[C@H]2[C@H]3C=C[C@H]4CCCC[C@]4(C)[C@@H]3CC[C@]12C. The Bertz CT molecular complexity index is 510. The second-order valence-electron chi connectivity index (χ2n) is 10.6. The smallest absolute Gasteiger partial charge is 0.0431 e. The van der Waals surface area contributed by atoms with Gasteiger partial charge in [0.2, 0.25) is 0 Å². The molecule has 1 N–H and O–H groups in total. The fourth-order valence-electron chi connectivity index (χ4n) is 8.25. The van der Waals surface area contributed by atoms with E-state index < -0.39 is 0 Å². The highest BCUT2D eigenvalue weighted by molar-refractivity contribution is 5.17.